The molecule has 3 aromatic rings. The molecule has 2 saturated heterocycles. The van der Waals surface area contributed by atoms with Gasteiger partial charge in [-0.2, -0.15) is 4.31 Å². The summed E-state index contributed by atoms with van der Waals surface area (Å²) in [5.41, 5.74) is 2.78. The van der Waals surface area contributed by atoms with Crippen LogP contribution in [0, 0.1) is 0 Å². The number of hydrogen-bond acceptors (Lipinski definition) is 7. The van der Waals surface area contributed by atoms with Gasteiger partial charge in [0.1, 0.15) is 17.4 Å². The Bertz CT molecular complexity index is 1280. The Balaban J connectivity index is 0.991. The molecule has 1 aliphatic carbocycles. The van der Waals surface area contributed by atoms with Crippen molar-refractivity contribution in [1.29, 1.82) is 0 Å². The smallest absolute Gasteiger partial charge is 0.247 e. The number of aromatic amines is 1. The van der Waals surface area contributed by atoms with Crippen LogP contribution in [0.4, 0.5) is 5.82 Å². The van der Waals surface area contributed by atoms with Gasteiger partial charge in [0.25, 0.3) is 0 Å². The molecule has 37 heavy (non-hydrogen) atoms. The number of imidazole rings is 1. The molecule has 3 fully saturated rings. The maximum Gasteiger partial charge on any atom is 0.247 e. The lowest BCUT2D eigenvalue weighted by atomic mass is 9.92. The van der Waals surface area contributed by atoms with E-state index in [1.54, 1.807) is 11.4 Å². The molecule has 3 aliphatic rings. The van der Waals surface area contributed by atoms with Crippen LogP contribution in [-0.2, 0) is 20.7 Å². The predicted molar refractivity (Wildman–Crippen MR) is 141 cm³/mol. The number of amides is 1. The molecule has 2 aliphatic heterocycles. The SMILES string of the molecule is COc1ccc2nc(-c3ccc(N4CCC(OC5CCC(N6CC(=O)NS6=O)CC5)CC4)nc3)[nH]c2c1. The Morgan fingerprint density at radius 1 is 1.03 bits per heavy atom. The summed E-state index contributed by atoms with van der Waals surface area (Å²) in [4.78, 5) is 26.6. The number of fused-ring (bicyclic) bond motifs is 1. The number of benzene rings is 1. The van der Waals surface area contributed by atoms with Crippen molar-refractivity contribution in [1.82, 2.24) is 24.0 Å². The fourth-order valence-corrected chi connectivity index (χ4v) is 6.67. The third kappa shape index (κ3) is 5.21. The number of carbonyl (C=O) groups excluding carboxylic acids is 1. The number of hydrogen-bond donors (Lipinski definition) is 2. The summed E-state index contributed by atoms with van der Waals surface area (Å²) >= 11 is -1.37. The predicted octanol–water partition coefficient (Wildman–Crippen LogP) is 2.94. The average molecular weight is 525 g/mol. The van der Waals surface area contributed by atoms with Gasteiger partial charge in [-0.3, -0.25) is 9.52 Å². The van der Waals surface area contributed by atoms with Gasteiger partial charge in [-0.25, -0.2) is 14.2 Å². The monoisotopic (exact) mass is 524 g/mol. The second-order valence-corrected chi connectivity index (χ2v) is 11.1. The van der Waals surface area contributed by atoms with Crippen molar-refractivity contribution in [3.8, 4) is 17.1 Å². The highest BCUT2D eigenvalue weighted by Gasteiger charge is 2.36. The molecule has 0 spiro atoms. The van der Waals surface area contributed by atoms with E-state index >= 15 is 0 Å². The minimum absolute atomic E-state index is 0.150. The van der Waals surface area contributed by atoms with Gasteiger partial charge in [-0.05, 0) is 62.8 Å². The largest absolute Gasteiger partial charge is 0.497 e. The van der Waals surface area contributed by atoms with Crippen LogP contribution >= 0.6 is 0 Å². The Morgan fingerprint density at radius 2 is 1.81 bits per heavy atom. The van der Waals surface area contributed by atoms with Crippen LogP contribution in [0.3, 0.4) is 0 Å². The molecular weight excluding hydrogens is 492 g/mol. The minimum atomic E-state index is -1.37. The highest BCUT2D eigenvalue weighted by atomic mass is 32.2. The fraction of sp³-hybridized carbons (Fsp3) is 0.500. The Hall–Kier alpha value is -3.02. The fourth-order valence-electron chi connectivity index (χ4n) is 5.58. The van der Waals surface area contributed by atoms with Crippen molar-refractivity contribution in [2.75, 3.05) is 31.6 Å². The highest BCUT2D eigenvalue weighted by molar-refractivity contribution is 7.81. The van der Waals surface area contributed by atoms with Gasteiger partial charge in [0.05, 0.1) is 36.9 Å². The second-order valence-electron chi connectivity index (χ2n) is 9.98. The molecule has 2 aromatic heterocycles. The lowest BCUT2D eigenvalue weighted by Gasteiger charge is -2.37. The molecule has 6 rings (SSSR count). The standard InChI is InChI=1S/C26H32N6O4S/c1-35-21-7-8-22-23(14-21)29-26(28-22)17-2-9-24(27-15-17)31-12-10-20(11-13-31)36-19-5-3-18(4-6-19)32-16-25(33)30-37(32)34/h2,7-9,14-15,18-20H,3-6,10-13,16H2,1H3,(H,28,29)(H,30,33). The third-order valence-corrected chi connectivity index (χ3v) is 8.88. The van der Waals surface area contributed by atoms with Gasteiger partial charge in [-0.15, -0.1) is 0 Å². The first-order chi connectivity index (χ1) is 18.1. The Labute approximate surface area is 218 Å². The molecule has 1 atom stereocenters. The number of methoxy groups -OCH3 is 1. The van der Waals surface area contributed by atoms with Gasteiger partial charge >= 0.3 is 0 Å². The van der Waals surface area contributed by atoms with Gasteiger partial charge in [0, 0.05) is 37.0 Å². The summed E-state index contributed by atoms with van der Waals surface area (Å²) in [5.74, 6) is 2.42. The van der Waals surface area contributed by atoms with Crippen molar-refractivity contribution in [3.05, 3.63) is 36.5 Å². The average Bonchev–Trinajstić information content (AvgIpc) is 3.51. The molecule has 10 nitrogen and oxygen atoms in total. The van der Waals surface area contributed by atoms with E-state index in [9.17, 15) is 9.00 Å². The summed E-state index contributed by atoms with van der Waals surface area (Å²) < 4.78 is 28.1. The molecule has 1 saturated carbocycles. The summed E-state index contributed by atoms with van der Waals surface area (Å²) in [6.45, 7) is 2.07. The van der Waals surface area contributed by atoms with Gasteiger partial charge < -0.3 is 19.4 Å². The van der Waals surface area contributed by atoms with Crippen LogP contribution in [-0.4, -0.2) is 74.4 Å². The van der Waals surface area contributed by atoms with E-state index in [1.165, 1.54) is 0 Å². The van der Waals surface area contributed by atoms with Crippen LogP contribution in [0.2, 0.25) is 0 Å². The number of H-pyrrole nitrogens is 1. The van der Waals surface area contributed by atoms with Crippen LogP contribution in [0.1, 0.15) is 38.5 Å². The maximum absolute atomic E-state index is 12.0. The van der Waals surface area contributed by atoms with Gasteiger partial charge in [-0.1, -0.05) is 0 Å². The number of aromatic nitrogens is 3. The van der Waals surface area contributed by atoms with Crippen LogP contribution < -0.4 is 14.4 Å². The number of anilines is 1. The number of pyridine rings is 1. The van der Waals surface area contributed by atoms with Crippen molar-refractivity contribution < 1.29 is 18.5 Å². The molecule has 0 bridgehead atoms. The summed E-state index contributed by atoms with van der Waals surface area (Å²) in [6, 6.07) is 10.1. The summed E-state index contributed by atoms with van der Waals surface area (Å²) in [7, 11) is 1.66. The number of rotatable bonds is 6. The molecule has 1 amide bonds. The lowest BCUT2D eigenvalue weighted by Crippen LogP contribution is -2.42. The minimum Gasteiger partial charge on any atom is -0.497 e. The number of carbonyl (C=O) groups is 1. The number of ether oxygens (including phenoxy) is 2. The molecule has 1 aromatic carbocycles. The molecule has 0 radical (unpaired) electrons. The molecule has 1 unspecified atom stereocenters. The van der Waals surface area contributed by atoms with E-state index in [-0.39, 0.29) is 30.7 Å². The zero-order chi connectivity index (χ0) is 25.4. The lowest BCUT2D eigenvalue weighted by molar-refractivity contribution is -0.118. The topological polar surface area (TPSA) is 113 Å². The quantitative estimate of drug-likeness (QED) is 0.510. The zero-order valence-corrected chi connectivity index (χ0v) is 21.7. The van der Waals surface area contributed by atoms with Crippen LogP contribution in [0.15, 0.2) is 36.5 Å². The number of nitrogens with zero attached hydrogens (tertiary/aromatic N) is 4. The van der Waals surface area contributed by atoms with E-state index in [2.05, 4.69) is 31.7 Å². The maximum atomic E-state index is 12.0. The van der Waals surface area contributed by atoms with Crippen molar-refractivity contribution in [3.63, 3.8) is 0 Å². The van der Waals surface area contributed by atoms with E-state index in [0.29, 0.717) is 0 Å². The van der Waals surface area contributed by atoms with Crippen molar-refractivity contribution in [2.45, 2.75) is 56.8 Å². The van der Waals surface area contributed by atoms with E-state index < -0.39 is 11.2 Å². The van der Waals surface area contributed by atoms with Crippen LogP contribution in [0.5, 0.6) is 5.75 Å². The van der Waals surface area contributed by atoms with Gasteiger partial charge in [0.2, 0.25) is 5.91 Å². The van der Waals surface area contributed by atoms with Gasteiger partial charge in [0.15, 0.2) is 11.2 Å². The molecule has 11 heteroatoms. The molecule has 4 heterocycles. The van der Waals surface area contributed by atoms with Crippen LogP contribution in [0.25, 0.3) is 22.4 Å². The first-order valence-electron chi connectivity index (χ1n) is 12.9. The zero-order valence-electron chi connectivity index (χ0n) is 20.9. The van der Waals surface area contributed by atoms with E-state index in [4.69, 9.17) is 14.5 Å². The first-order valence-corrected chi connectivity index (χ1v) is 14.0. The summed E-state index contributed by atoms with van der Waals surface area (Å²) in [5, 5.41) is 0. The number of nitrogens with one attached hydrogen (secondary N) is 2. The summed E-state index contributed by atoms with van der Waals surface area (Å²) in [6.07, 6.45) is 8.06. The first kappa shape index (κ1) is 24.3. The van der Waals surface area contributed by atoms with Crippen molar-refractivity contribution >= 4 is 33.9 Å². The van der Waals surface area contributed by atoms with E-state index in [1.807, 2.05) is 24.4 Å². The molecule has 2 N–H and O–H groups in total. The molecule has 196 valence electrons. The van der Waals surface area contributed by atoms with Crippen molar-refractivity contribution in [2.24, 2.45) is 0 Å². The Morgan fingerprint density at radius 3 is 2.49 bits per heavy atom. The van der Waals surface area contributed by atoms with E-state index in [0.717, 1.165) is 85.6 Å². The normalized spacial score (nSPS) is 25.5. The second kappa shape index (κ2) is 10.4. The molecular formula is C26H32N6O4S. The number of piperidine rings is 1. The Kier molecular flexibility index (Phi) is 6.83. The third-order valence-electron chi connectivity index (χ3n) is 7.63. The highest BCUT2D eigenvalue weighted by Crippen LogP contribution is 2.30.